The molecule has 2 atom stereocenters. The van der Waals surface area contributed by atoms with Crippen LogP contribution in [0.4, 0.5) is 9.18 Å². The van der Waals surface area contributed by atoms with Gasteiger partial charge in [0.15, 0.2) is 29.2 Å². The minimum absolute atomic E-state index is 0.166. The van der Waals surface area contributed by atoms with Crippen LogP contribution in [0, 0.1) is 9.39 Å². The van der Waals surface area contributed by atoms with Gasteiger partial charge in [-0.3, -0.25) is 5.43 Å². The number of carbonyl (C=O) groups is 2. The zero-order valence-electron chi connectivity index (χ0n) is 25.6. The molecular formula is C32H34FIN4O8. The number of aliphatic hydroxyl groups is 1. The number of amides is 2. The van der Waals surface area contributed by atoms with E-state index in [-0.39, 0.29) is 24.6 Å². The molecule has 0 spiro atoms. The Labute approximate surface area is 279 Å². The van der Waals surface area contributed by atoms with Crippen molar-refractivity contribution in [2.45, 2.75) is 32.7 Å². The van der Waals surface area contributed by atoms with Crippen molar-refractivity contribution in [3.05, 3.63) is 91.9 Å². The highest BCUT2D eigenvalue weighted by Crippen LogP contribution is 2.36. The van der Waals surface area contributed by atoms with Crippen molar-refractivity contribution in [3.63, 3.8) is 0 Å². The van der Waals surface area contributed by atoms with Crippen molar-refractivity contribution in [3.8, 4) is 23.0 Å². The smallest absolute Gasteiger partial charge is 0.337 e. The Morgan fingerprint density at radius 2 is 1.91 bits per heavy atom. The third-order valence-corrected chi connectivity index (χ3v) is 7.43. The molecule has 12 nitrogen and oxygen atoms in total. The fourth-order valence-electron chi connectivity index (χ4n) is 4.56. The summed E-state index contributed by atoms with van der Waals surface area (Å²) < 4.78 is 42.1. The zero-order valence-corrected chi connectivity index (χ0v) is 27.7. The third-order valence-electron chi connectivity index (χ3n) is 6.63. The van der Waals surface area contributed by atoms with E-state index in [0.29, 0.717) is 52.0 Å². The van der Waals surface area contributed by atoms with Crippen molar-refractivity contribution in [1.82, 2.24) is 16.1 Å². The van der Waals surface area contributed by atoms with Crippen molar-refractivity contribution < 1.29 is 42.8 Å². The molecule has 14 heteroatoms. The first-order valence-electron chi connectivity index (χ1n) is 14.1. The number of rotatable bonds is 14. The molecule has 0 saturated heterocycles. The molecule has 0 aromatic heterocycles. The average Bonchev–Trinajstić information content (AvgIpc) is 3.03. The van der Waals surface area contributed by atoms with Crippen molar-refractivity contribution in [2.24, 2.45) is 5.10 Å². The number of methoxy groups -OCH3 is 2. The Balaban J connectivity index is 1.39. The lowest BCUT2D eigenvalue weighted by atomic mass is 9.95. The summed E-state index contributed by atoms with van der Waals surface area (Å²) in [5, 5.41) is 19.9. The van der Waals surface area contributed by atoms with Crippen LogP contribution in [0.15, 0.2) is 71.0 Å². The minimum atomic E-state index is -1.18. The maximum absolute atomic E-state index is 13.5. The van der Waals surface area contributed by atoms with Gasteiger partial charge in [-0.05, 0) is 89.5 Å². The normalized spacial score (nSPS) is 15.1. The summed E-state index contributed by atoms with van der Waals surface area (Å²) in [6.45, 7) is 3.73. The number of hydrogen-bond donors (Lipinski definition) is 4. The van der Waals surface area contributed by atoms with Crippen molar-refractivity contribution in [2.75, 3.05) is 27.4 Å². The van der Waals surface area contributed by atoms with E-state index < -0.39 is 24.3 Å². The van der Waals surface area contributed by atoms with Gasteiger partial charge in [0.05, 0.1) is 42.2 Å². The van der Waals surface area contributed by atoms with E-state index in [0.717, 1.165) is 3.57 Å². The predicted octanol–water partition coefficient (Wildman–Crippen LogP) is 4.54. The third kappa shape index (κ3) is 8.78. The SMILES string of the molecule is CCOc1cc([C@H]2NC(=O)NC(C)=C2C(=O)OC)ccc1OC[C@@H](O)N/N=C\c1cc(I)c(OCc2cccc(F)c2)c(OC)c1. The van der Waals surface area contributed by atoms with Crippen LogP contribution in [-0.4, -0.2) is 57.0 Å². The van der Waals surface area contributed by atoms with Gasteiger partial charge >= 0.3 is 12.0 Å². The number of nitrogens with one attached hydrogen (secondary N) is 3. The molecule has 4 N–H and O–H groups in total. The van der Waals surface area contributed by atoms with Crippen LogP contribution in [0.3, 0.4) is 0 Å². The van der Waals surface area contributed by atoms with Crippen LogP contribution >= 0.6 is 22.6 Å². The van der Waals surface area contributed by atoms with Gasteiger partial charge in [-0.1, -0.05) is 18.2 Å². The second-order valence-electron chi connectivity index (χ2n) is 9.87. The second-order valence-corrected chi connectivity index (χ2v) is 11.0. The summed E-state index contributed by atoms with van der Waals surface area (Å²) in [4.78, 5) is 24.6. The topological polar surface area (TPSA) is 149 Å². The van der Waals surface area contributed by atoms with Crippen LogP contribution in [0.1, 0.15) is 36.6 Å². The molecule has 1 aliphatic rings. The lowest BCUT2D eigenvalue weighted by Crippen LogP contribution is -2.45. The fraction of sp³-hybridized carbons (Fsp3) is 0.281. The number of urea groups is 1. The maximum Gasteiger partial charge on any atom is 0.337 e. The lowest BCUT2D eigenvalue weighted by molar-refractivity contribution is -0.136. The second kappa shape index (κ2) is 16.1. The minimum Gasteiger partial charge on any atom is -0.493 e. The highest BCUT2D eigenvalue weighted by molar-refractivity contribution is 14.1. The van der Waals surface area contributed by atoms with E-state index in [4.69, 9.17) is 23.7 Å². The molecule has 0 unspecified atom stereocenters. The van der Waals surface area contributed by atoms with Gasteiger partial charge in [-0.2, -0.15) is 5.10 Å². The summed E-state index contributed by atoms with van der Waals surface area (Å²) in [7, 11) is 2.78. The van der Waals surface area contributed by atoms with Crippen LogP contribution in [0.25, 0.3) is 0 Å². The monoisotopic (exact) mass is 748 g/mol. The summed E-state index contributed by atoms with van der Waals surface area (Å²) in [6.07, 6.45) is 0.326. The molecule has 3 aromatic carbocycles. The summed E-state index contributed by atoms with van der Waals surface area (Å²) in [6, 6.07) is 13.4. The van der Waals surface area contributed by atoms with E-state index in [1.54, 1.807) is 50.2 Å². The Morgan fingerprint density at radius 1 is 1.11 bits per heavy atom. The number of allylic oxidation sites excluding steroid dienone is 1. The fourth-order valence-corrected chi connectivity index (χ4v) is 5.34. The molecule has 0 saturated carbocycles. The van der Waals surface area contributed by atoms with E-state index >= 15 is 0 Å². The quantitative estimate of drug-likeness (QED) is 0.0614. The van der Waals surface area contributed by atoms with Gasteiger partial charge in [0.25, 0.3) is 0 Å². The Morgan fingerprint density at radius 3 is 2.63 bits per heavy atom. The summed E-state index contributed by atoms with van der Waals surface area (Å²) in [5.41, 5.74) is 5.18. The molecule has 46 heavy (non-hydrogen) atoms. The number of halogens is 2. The zero-order chi connectivity index (χ0) is 33.2. The van der Waals surface area contributed by atoms with Gasteiger partial charge in [-0.15, -0.1) is 0 Å². The standard InChI is InChI=1S/C32H34FIN4O8/c1-5-44-25-14-21(29-28(31(40)43-4)18(2)36-32(41)37-29)9-10-24(25)45-17-27(39)38-35-15-20-12-23(34)30(26(13-20)42-3)46-16-19-7-6-8-22(33)11-19/h6-15,27,29,38-39H,5,16-17H2,1-4H3,(H2,36,37,41)/b35-15-/t27-,29-/m1/s1. The van der Waals surface area contributed by atoms with Gasteiger partial charge in [0, 0.05) is 5.70 Å². The molecule has 244 valence electrons. The number of benzene rings is 3. The van der Waals surface area contributed by atoms with Gasteiger partial charge in [0.1, 0.15) is 19.0 Å². The molecular weight excluding hydrogens is 714 g/mol. The van der Waals surface area contributed by atoms with E-state index in [1.807, 2.05) is 6.07 Å². The highest BCUT2D eigenvalue weighted by Gasteiger charge is 2.32. The van der Waals surface area contributed by atoms with Crippen LogP contribution in [0.2, 0.25) is 0 Å². The summed E-state index contributed by atoms with van der Waals surface area (Å²) in [5.74, 6) is 0.748. The number of nitrogens with zero attached hydrogens (tertiary/aromatic N) is 1. The predicted molar refractivity (Wildman–Crippen MR) is 175 cm³/mol. The first-order valence-corrected chi connectivity index (χ1v) is 15.2. The van der Waals surface area contributed by atoms with E-state index in [9.17, 15) is 19.1 Å². The van der Waals surface area contributed by atoms with Crippen molar-refractivity contribution in [1.29, 1.82) is 0 Å². The first kappa shape index (κ1) is 34.3. The molecule has 1 aliphatic heterocycles. The molecule has 3 aromatic rings. The van der Waals surface area contributed by atoms with E-state index in [2.05, 4.69) is 43.8 Å². The molecule has 2 amide bonds. The first-order chi connectivity index (χ1) is 22.1. The number of aliphatic hydroxyl groups excluding tert-OH is 1. The number of hydrazone groups is 1. The molecule has 1 heterocycles. The largest absolute Gasteiger partial charge is 0.493 e. The number of esters is 1. The summed E-state index contributed by atoms with van der Waals surface area (Å²) >= 11 is 2.11. The Bertz CT molecular complexity index is 1630. The lowest BCUT2D eigenvalue weighted by Gasteiger charge is -2.28. The van der Waals surface area contributed by atoms with Gasteiger partial charge in [-0.25, -0.2) is 14.0 Å². The van der Waals surface area contributed by atoms with Crippen LogP contribution in [-0.2, 0) is 16.1 Å². The van der Waals surface area contributed by atoms with Gasteiger partial charge < -0.3 is 39.4 Å². The molecule has 0 bridgehead atoms. The average molecular weight is 749 g/mol. The van der Waals surface area contributed by atoms with Crippen LogP contribution < -0.4 is 35.0 Å². The molecule has 0 radical (unpaired) electrons. The Kier molecular flexibility index (Phi) is 12.0. The molecule has 4 rings (SSSR count). The van der Waals surface area contributed by atoms with Crippen LogP contribution in [0.5, 0.6) is 23.0 Å². The Hall–Kier alpha value is -4.57. The number of ether oxygens (including phenoxy) is 5. The molecule has 0 aliphatic carbocycles. The maximum atomic E-state index is 13.5. The number of carbonyl (C=O) groups excluding carboxylic acids is 2. The molecule has 0 fully saturated rings. The highest BCUT2D eigenvalue weighted by atomic mass is 127. The van der Waals surface area contributed by atoms with Gasteiger partial charge in [0.2, 0.25) is 0 Å². The van der Waals surface area contributed by atoms with Crippen molar-refractivity contribution >= 4 is 40.8 Å². The number of hydrogen-bond acceptors (Lipinski definition) is 10. The van der Waals surface area contributed by atoms with E-state index in [1.165, 1.54) is 32.6 Å².